The molecule has 1 aliphatic heterocycles. The number of amides is 1. The lowest BCUT2D eigenvalue weighted by molar-refractivity contribution is 0.0751. The number of hydrogen-bond donors (Lipinski definition) is 0. The molecule has 0 N–H and O–H groups in total. The first-order valence-corrected chi connectivity index (χ1v) is 10.8. The number of anilines is 1. The predicted molar refractivity (Wildman–Crippen MR) is 109 cm³/mol. The van der Waals surface area contributed by atoms with Crippen LogP contribution in [0.15, 0.2) is 24.3 Å². The van der Waals surface area contributed by atoms with Crippen LogP contribution in [-0.2, 0) is 12.8 Å². The number of nitrogens with zero attached hydrogens (tertiary/aromatic N) is 3. The number of hydrogen-bond acceptors (Lipinski definition) is 4. The van der Waals surface area contributed by atoms with Crippen molar-refractivity contribution in [2.45, 2.75) is 38.5 Å². The van der Waals surface area contributed by atoms with Crippen LogP contribution in [0.3, 0.4) is 0 Å². The molecular formula is C22H24FN3OS. The number of piperazine rings is 1. The van der Waals surface area contributed by atoms with Crippen molar-refractivity contribution in [2.24, 2.45) is 0 Å². The highest BCUT2D eigenvalue weighted by molar-refractivity contribution is 7.14. The molecular weight excluding hydrogens is 373 g/mol. The Bertz CT molecular complexity index is 883. The first-order valence-electron chi connectivity index (χ1n) is 10.0. The van der Waals surface area contributed by atoms with E-state index in [1.165, 1.54) is 42.2 Å². The third kappa shape index (κ3) is 3.77. The smallest absolute Gasteiger partial charge is 0.264 e. The normalized spacial score (nSPS) is 17.4. The molecule has 6 heteroatoms. The summed E-state index contributed by atoms with van der Waals surface area (Å²) >= 11 is 1.67. The van der Waals surface area contributed by atoms with Gasteiger partial charge in [-0.1, -0.05) is 18.9 Å². The van der Waals surface area contributed by atoms with Crippen molar-refractivity contribution < 1.29 is 9.18 Å². The van der Waals surface area contributed by atoms with Gasteiger partial charge in [0.2, 0.25) is 0 Å². The number of carbonyl (C=O) groups is 1. The van der Waals surface area contributed by atoms with E-state index in [1.54, 1.807) is 23.5 Å². The molecule has 0 unspecified atom stereocenters. The second-order valence-electron chi connectivity index (χ2n) is 7.50. The van der Waals surface area contributed by atoms with Crippen LogP contribution in [0.5, 0.6) is 0 Å². The molecule has 28 heavy (non-hydrogen) atoms. The first-order chi connectivity index (χ1) is 13.7. The summed E-state index contributed by atoms with van der Waals surface area (Å²) in [7, 11) is 0. The molecule has 1 aliphatic carbocycles. The van der Waals surface area contributed by atoms with Gasteiger partial charge in [0.25, 0.3) is 5.91 Å². The Labute approximate surface area is 169 Å². The fourth-order valence-electron chi connectivity index (χ4n) is 4.14. The number of fused-ring (bicyclic) bond motifs is 1. The van der Waals surface area contributed by atoms with Crippen molar-refractivity contribution in [3.05, 3.63) is 51.0 Å². The summed E-state index contributed by atoms with van der Waals surface area (Å²) in [5, 5.41) is 9.26. The predicted octanol–water partition coefficient (Wildman–Crippen LogP) is 4.38. The zero-order valence-electron chi connectivity index (χ0n) is 15.9. The lowest BCUT2D eigenvalue weighted by atomic mass is 10.00. The second-order valence-corrected chi connectivity index (χ2v) is 8.64. The molecule has 1 saturated heterocycles. The highest BCUT2D eigenvalue weighted by Crippen LogP contribution is 2.30. The molecule has 1 fully saturated rings. The molecule has 2 heterocycles. The molecule has 0 saturated carbocycles. The van der Waals surface area contributed by atoms with Gasteiger partial charge >= 0.3 is 0 Å². The minimum absolute atomic E-state index is 0.0836. The molecule has 4 nitrogen and oxygen atoms in total. The fraction of sp³-hybridized carbons (Fsp3) is 0.455. The number of rotatable bonds is 2. The minimum atomic E-state index is -0.491. The van der Waals surface area contributed by atoms with Crippen LogP contribution >= 0.6 is 11.3 Å². The zero-order chi connectivity index (χ0) is 19.5. The van der Waals surface area contributed by atoms with Gasteiger partial charge in [-0.3, -0.25) is 4.79 Å². The Morgan fingerprint density at radius 3 is 2.57 bits per heavy atom. The molecule has 146 valence electrons. The summed E-state index contributed by atoms with van der Waals surface area (Å²) in [6.07, 6.45) is 7.18. The van der Waals surface area contributed by atoms with E-state index in [0.29, 0.717) is 31.9 Å². The van der Waals surface area contributed by atoms with Gasteiger partial charge in [-0.25, -0.2) is 4.39 Å². The van der Waals surface area contributed by atoms with E-state index in [4.69, 9.17) is 0 Å². The van der Waals surface area contributed by atoms with E-state index in [2.05, 4.69) is 6.07 Å². The van der Waals surface area contributed by atoms with Crippen molar-refractivity contribution in [1.29, 1.82) is 5.26 Å². The Kier molecular flexibility index (Phi) is 5.63. The van der Waals surface area contributed by atoms with E-state index in [0.717, 1.165) is 17.7 Å². The van der Waals surface area contributed by atoms with Gasteiger partial charge in [0.15, 0.2) is 0 Å². The maximum atomic E-state index is 13.9. The van der Waals surface area contributed by atoms with Crippen molar-refractivity contribution >= 4 is 22.9 Å². The molecule has 1 amide bonds. The maximum Gasteiger partial charge on any atom is 0.264 e. The Hall–Kier alpha value is -2.39. The summed E-state index contributed by atoms with van der Waals surface area (Å²) < 4.78 is 13.9. The molecule has 1 aromatic heterocycles. The van der Waals surface area contributed by atoms with Crippen LogP contribution in [0.25, 0.3) is 0 Å². The molecule has 0 bridgehead atoms. The topological polar surface area (TPSA) is 47.3 Å². The molecule has 0 atom stereocenters. The third-order valence-corrected chi connectivity index (χ3v) is 6.94. The molecule has 4 rings (SSSR count). The van der Waals surface area contributed by atoms with Crippen LogP contribution in [0, 0.1) is 17.1 Å². The van der Waals surface area contributed by atoms with E-state index in [9.17, 15) is 14.4 Å². The van der Waals surface area contributed by atoms with Crippen LogP contribution in [0.1, 0.15) is 51.4 Å². The molecule has 0 radical (unpaired) electrons. The fourth-order valence-corrected chi connectivity index (χ4v) is 5.36. The first kappa shape index (κ1) is 18.9. The Morgan fingerprint density at radius 1 is 1.07 bits per heavy atom. The Balaban J connectivity index is 1.44. The number of benzene rings is 1. The van der Waals surface area contributed by atoms with Gasteiger partial charge < -0.3 is 9.80 Å². The minimum Gasteiger partial charge on any atom is -0.367 e. The van der Waals surface area contributed by atoms with Crippen LogP contribution < -0.4 is 4.90 Å². The summed E-state index contributed by atoms with van der Waals surface area (Å²) in [6.45, 7) is 2.38. The highest BCUT2D eigenvalue weighted by Gasteiger charge is 2.26. The van der Waals surface area contributed by atoms with Crippen molar-refractivity contribution in [3.8, 4) is 6.07 Å². The van der Waals surface area contributed by atoms with Crippen molar-refractivity contribution in [1.82, 2.24) is 4.90 Å². The van der Waals surface area contributed by atoms with Crippen molar-refractivity contribution in [3.63, 3.8) is 0 Å². The average molecular weight is 398 g/mol. The zero-order valence-corrected chi connectivity index (χ0v) is 16.7. The number of nitriles is 1. The lowest BCUT2D eigenvalue weighted by Crippen LogP contribution is -2.48. The van der Waals surface area contributed by atoms with Gasteiger partial charge in [-0.2, -0.15) is 5.26 Å². The largest absolute Gasteiger partial charge is 0.367 e. The van der Waals surface area contributed by atoms with Gasteiger partial charge in [0.1, 0.15) is 17.4 Å². The monoisotopic (exact) mass is 397 g/mol. The highest BCUT2D eigenvalue weighted by atomic mass is 32.1. The molecule has 1 aromatic carbocycles. The average Bonchev–Trinajstić information content (AvgIpc) is 3.09. The molecule has 0 spiro atoms. The quantitative estimate of drug-likeness (QED) is 0.756. The van der Waals surface area contributed by atoms with Gasteiger partial charge in [-0.05, 0) is 49.4 Å². The lowest BCUT2D eigenvalue weighted by Gasteiger charge is -2.36. The van der Waals surface area contributed by atoms with Crippen LogP contribution in [0.4, 0.5) is 10.1 Å². The Morgan fingerprint density at radius 2 is 1.82 bits per heavy atom. The van der Waals surface area contributed by atoms with Gasteiger partial charge in [-0.15, -0.1) is 11.3 Å². The second kappa shape index (κ2) is 8.32. The summed E-state index contributed by atoms with van der Waals surface area (Å²) in [4.78, 5) is 19.1. The summed E-state index contributed by atoms with van der Waals surface area (Å²) in [5.74, 6) is -0.384. The summed E-state index contributed by atoms with van der Waals surface area (Å²) in [6, 6.07) is 8.79. The number of aryl methyl sites for hydroxylation is 2. The van der Waals surface area contributed by atoms with Crippen molar-refractivity contribution in [2.75, 3.05) is 31.1 Å². The van der Waals surface area contributed by atoms with E-state index < -0.39 is 5.82 Å². The van der Waals surface area contributed by atoms with E-state index in [1.807, 2.05) is 15.9 Å². The van der Waals surface area contributed by atoms with E-state index >= 15 is 0 Å². The number of carbonyl (C=O) groups excluding carboxylic acids is 1. The third-order valence-electron chi connectivity index (χ3n) is 5.72. The van der Waals surface area contributed by atoms with Gasteiger partial charge in [0, 0.05) is 31.1 Å². The van der Waals surface area contributed by atoms with Crippen LogP contribution in [0.2, 0.25) is 0 Å². The van der Waals surface area contributed by atoms with Crippen LogP contribution in [-0.4, -0.2) is 37.0 Å². The van der Waals surface area contributed by atoms with E-state index in [-0.39, 0.29) is 11.5 Å². The van der Waals surface area contributed by atoms with Gasteiger partial charge in [0.05, 0.1) is 10.6 Å². The number of thiophene rings is 1. The standard InChI is InChI=1S/C22H24FN3OS/c23-18-7-5-8-19(17(18)15-24)25-10-12-26(13-11-25)22(27)21-14-16-6-3-1-2-4-9-20(16)28-21/h5,7-8,14H,1-4,6,9-13H2. The molecule has 2 aliphatic rings. The SMILES string of the molecule is N#Cc1c(F)cccc1N1CCN(C(=O)c2cc3c(s2)CCCCCC3)CC1. The number of halogens is 1. The molecule has 2 aromatic rings. The maximum absolute atomic E-state index is 13.9. The summed E-state index contributed by atoms with van der Waals surface area (Å²) in [5.41, 5.74) is 2.07.